The van der Waals surface area contributed by atoms with E-state index in [4.69, 9.17) is 0 Å². The summed E-state index contributed by atoms with van der Waals surface area (Å²) < 4.78 is 39.7. The summed E-state index contributed by atoms with van der Waals surface area (Å²) in [5, 5.41) is 10.4. The number of aryl methyl sites for hydroxylation is 1. The van der Waals surface area contributed by atoms with Gasteiger partial charge in [0.1, 0.15) is 12.2 Å². The van der Waals surface area contributed by atoms with E-state index in [-0.39, 0.29) is 6.54 Å². The van der Waals surface area contributed by atoms with E-state index in [1.54, 1.807) is 41.9 Å². The molecule has 4 nitrogen and oxygen atoms in total. The van der Waals surface area contributed by atoms with E-state index in [9.17, 15) is 13.2 Å². The maximum atomic E-state index is 12.7. The molecule has 1 unspecified atom stereocenters. The molecule has 108 valence electrons. The molecule has 0 amide bonds. The molecule has 20 heavy (non-hydrogen) atoms. The lowest BCUT2D eigenvalue weighted by molar-refractivity contribution is -0.140. The van der Waals surface area contributed by atoms with Crippen molar-refractivity contribution in [2.24, 2.45) is 7.05 Å². The molecule has 0 radical (unpaired) electrons. The summed E-state index contributed by atoms with van der Waals surface area (Å²) in [4.78, 5) is 0. The quantitative estimate of drug-likeness (QED) is 0.917. The lowest BCUT2D eigenvalue weighted by Gasteiger charge is -2.20. The second kappa shape index (κ2) is 6.04. The Kier molecular flexibility index (Phi) is 4.39. The molecule has 0 bridgehead atoms. The Bertz CT molecular complexity index is 536. The van der Waals surface area contributed by atoms with E-state index in [1.807, 2.05) is 0 Å². The second-order valence-corrected chi connectivity index (χ2v) is 4.52. The zero-order chi connectivity index (χ0) is 14.6. The van der Waals surface area contributed by atoms with Crippen LogP contribution >= 0.6 is 0 Å². The minimum atomic E-state index is -4.23. The van der Waals surface area contributed by atoms with Crippen LogP contribution in [-0.2, 0) is 13.6 Å². The van der Waals surface area contributed by atoms with Crippen LogP contribution < -0.4 is 5.32 Å². The lowest BCUT2D eigenvalue weighted by Crippen LogP contribution is -2.27. The SMILES string of the molecule is Cn1cnnc1CNC(CC(F)(F)F)c1ccccc1. The summed E-state index contributed by atoms with van der Waals surface area (Å²) in [7, 11) is 1.75. The molecule has 1 heterocycles. The highest BCUT2D eigenvalue weighted by molar-refractivity contribution is 5.19. The van der Waals surface area contributed by atoms with Crippen molar-refractivity contribution in [3.63, 3.8) is 0 Å². The molecule has 0 spiro atoms. The molecule has 0 fully saturated rings. The van der Waals surface area contributed by atoms with Gasteiger partial charge in [-0.1, -0.05) is 30.3 Å². The molecule has 1 atom stereocenters. The minimum Gasteiger partial charge on any atom is -0.320 e. The van der Waals surface area contributed by atoms with Crippen LogP contribution in [0.5, 0.6) is 0 Å². The largest absolute Gasteiger partial charge is 0.390 e. The number of nitrogens with one attached hydrogen (secondary N) is 1. The molecule has 0 saturated carbocycles. The molecule has 1 aromatic carbocycles. The number of nitrogens with zero attached hydrogens (tertiary/aromatic N) is 3. The fourth-order valence-corrected chi connectivity index (χ4v) is 1.91. The van der Waals surface area contributed by atoms with Crippen molar-refractivity contribution in [1.29, 1.82) is 0 Å². The number of hydrogen-bond donors (Lipinski definition) is 1. The van der Waals surface area contributed by atoms with Gasteiger partial charge in [-0.15, -0.1) is 10.2 Å². The molecule has 2 aromatic rings. The summed E-state index contributed by atoms with van der Waals surface area (Å²) in [5.41, 5.74) is 0.604. The fourth-order valence-electron chi connectivity index (χ4n) is 1.91. The third-order valence-electron chi connectivity index (χ3n) is 2.95. The predicted octanol–water partition coefficient (Wildman–Crippen LogP) is 2.60. The van der Waals surface area contributed by atoms with Crippen molar-refractivity contribution in [1.82, 2.24) is 20.1 Å². The molecular formula is C13H15F3N4. The third-order valence-corrected chi connectivity index (χ3v) is 2.95. The summed E-state index contributed by atoms with van der Waals surface area (Å²) >= 11 is 0. The van der Waals surface area contributed by atoms with E-state index < -0.39 is 18.6 Å². The molecular weight excluding hydrogens is 269 g/mol. The molecule has 0 aliphatic carbocycles. The monoisotopic (exact) mass is 284 g/mol. The highest BCUT2D eigenvalue weighted by Crippen LogP contribution is 2.29. The van der Waals surface area contributed by atoms with Crippen LogP contribution in [0.1, 0.15) is 23.9 Å². The summed E-state index contributed by atoms with van der Waals surface area (Å²) in [6.45, 7) is 0.228. The highest BCUT2D eigenvalue weighted by Gasteiger charge is 2.32. The van der Waals surface area contributed by atoms with Gasteiger partial charge in [-0.05, 0) is 5.56 Å². The van der Waals surface area contributed by atoms with Crippen LogP contribution in [0, 0.1) is 0 Å². The Balaban J connectivity index is 2.09. The number of rotatable bonds is 5. The normalized spacial score (nSPS) is 13.4. The van der Waals surface area contributed by atoms with E-state index >= 15 is 0 Å². The first-order valence-corrected chi connectivity index (χ1v) is 6.13. The van der Waals surface area contributed by atoms with Crippen LogP contribution in [0.2, 0.25) is 0 Å². The van der Waals surface area contributed by atoms with Crippen molar-refractivity contribution < 1.29 is 13.2 Å². The Labute approximate surface area is 114 Å². The predicted molar refractivity (Wildman–Crippen MR) is 67.7 cm³/mol. The van der Waals surface area contributed by atoms with Gasteiger partial charge in [-0.2, -0.15) is 13.2 Å². The lowest BCUT2D eigenvalue weighted by atomic mass is 10.0. The number of benzene rings is 1. The first-order valence-electron chi connectivity index (χ1n) is 6.13. The van der Waals surface area contributed by atoms with Crippen LogP contribution in [0.3, 0.4) is 0 Å². The van der Waals surface area contributed by atoms with Crippen LogP contribution in [-0.4, -0.2) is 20.9 Å². The molecule has 7 heteroatoms. The Morgan fingerprint density at radius 2 is 1.95 bits per heavy atom. The zero-order valence-electron chi connectivity index (χ0n) is 10.9. The minimum absolute atomic E-state index is 0.228. The topological polar surface area (TPSA) is 42.7 Å². The van der Waals surface area contributed by atoms with Gasteiger partial charge in [0.25, 0.3) is 0 Å². The summed E-state index contributed by atoms with van der Waals surface area (Å²) in [5.74, 6) is 0.591. The van der Waals surface area contributed by atoms with Crippen molar-refractivity contribution in [3.05, 3.63) is 48.0 Å². The maximum Gasteiger partial charge on any atom is 0.390 e. The number of halogens is 3. The highest BCUT2D eigenvalue weighted by atomic mass is 19.4. The van der Waals surface area contributed by atoms with Gasteiger partial charge >= 0.3 is 6.18 Å². The average molecular weight is 284 g/mol. The Morgan fingerprint density at radius 1 is 1.25 bits per heavy atom. The summed E-state index contributed by atoms with van der Waals surface area (Å²) in [6.07, 6.45) is -3.64. The van der Waals surface area contributed by atoms with Crippen LogP contribution in [0.25, 0.3) is 0 Å². The molecule has 1 N–H and O–H groups in total. The molecule has 0 saturated heterocycles. The van der Waals surface area contributed by atoms with Gasteiger partial charge in [0, 0.05) is 13.1 Å². The van der Waals surface area contributed by atoms with Crippen LogP contribution in [0.4, 0.5) is 13.2 Å². The molecule has 2 rings (SSSR count). The zero-order valence-corrected chi connectivity index (χ0v) is 10.9. The van der Waals surface area contributed by atoms with Crippen molar-refractivity contribution in [2.75, 3.05) is 0 Å². The van der Waals surface area contributed by atoms with Crippen molar-refractivity contribution in [3.8, 4) is 0 Å². The van der Waals surface area contributed by atoms with Crippen molar-refractivity contribution >= 4 is 0 Å². The van der Waals surface area contributed by atoms with E-state index in [2.05, 4.69) is 15.5 Å². The molecule has 0 aliphatic rings. The fraction of sp³-hybridized carbons (Fsp3) is 0.385. The third kappa shape index (κ3) is 4.06. The maximum absolute atomic E-state index is 12.7. The van der Waals surface area contributed by atoms with Crippen molar-refractivity contribution in [2.45, 2.75) is 25.2 Å². The van der Waals surface area contributed by atoms with E-state index in [0.717, 1.165) is 0 Å². The molecule has 1 aromatic heterocycles. The first kappa shape index (κ1) is 14.5. The average Bonchev–Trinajstić information content (AvgIpc) is 2.80. The van der Waals surface area contributed by atoms with Gasteiger partial charge in [-0.3, -0.25) is 0 Å². The van der Waals surface area contributed by atoms with Gasteiger partial charge in [0.2, 0.25) is 0 Å². The Hall–Kier alpha value is -1.89. The second-order valence-electron chi connectivity index (χ2n) is 4.52. The summed E-state index contributed by atoms with van der Waals surface area (Å²) in [6, 6.07) is 7.79. The number of alkyl halides is 3. The van der Waals surface area contributed by atoms with Gasteiger partial charge in [-0.25, -0.2) is 0 Å². The van der Waals surface area contributed by atoms with E-state index in [1.165, 1.54) is 6.33 Å². The molecule has 0 aliphatic heterocycles. The van der Waals surface area contributed by atoms with Gasteiger partial charge in [0.15, 0.2) is 0 Å². The standard InChI is InChI=1S/C13H15F3N4/c1-20-9-18-19-12(20)8-17-11(7-13(14,15)16)10-5-3-2-4-6-10/h2-6,9,11,17H,7-8H2,1H3. The van der Waals surface area contributed by atoms with Gasteiger partial charge < -0.3 is 9.88 Å². The smallest absolute Gasteiger partial charge is 0.320 e. The number of aromatic nitrogens is 3. The van der Waals surface area contributed by atoms with E-state index in [0.29, 0.717) is 11.4 Å². The first-order chi connectivity index (χ1) is 9.46. The number of hydrogen-bond acceptors (Lipinski definition) is 3. The van der Waals surface area contributed by atoms with Crippen LogP contribution in [0.15, 0.2) is 36.7 Å². The van der Waals surface area contributed by atoms with Gasteiger partial charge in [0.05, 0.1) is 13.0 Å². The Morgan fingerprint density at radius 3 is 2.50 bits per heavy atom.